The SMILES string of the molecule is CC(C)NCCCNCCCN. The molecule has 0 unspecified atom stereocenters. The van der Waals surface area contributed by atoms with E-state index in [9.17, 15) is 0 Å². The van der Waals surface area contributed by atoms with Crippen LogP contribution in [0.4, 0.5) is 0 Å². The summed E-state index contributed by atoms with van der Waals surface area (Å²) in [6, 6.07) is 0.606. The van der Waals surface area contributed by atoms with E-state index >= 15 is 0 Å². The van der Waals surface area contributed by atoms with Crippen LogP contribution in [-0.2, 0) is 0 Å². The van der Waals surface area contributed by atoms with Gasteiger partial charge < -0.3 is 16.4 Å². The zero-order valence-corrected chi connectivity index (χ0v) is 8.40. The van der Waals surface area contributed by atoms with E-state index in [2.05, 4.69) is 24.5 Å². The van der Waals surface area contributed by atoms with Gasteiger partial charge in [0.25, 0.3) is 0 Å². The molecular weight excluding hydrogens is 150 g/mol. The van der Waals surface area contributed by atoms with Gasteiger partial charge in [0.15, 0.2) is 0 Å². The number of hydrogen-bond acceptors (Lipinski definition) is 3. The van der Waals surface area contributed by atoms with Crippen molar-refractivity contribution in [2.24, 2.45) is 5.73 Å². The number of nitrogens with one attached hydrogen (secondary N) is 2. The lowest BCUT2D eigenvalue weighted by atomic mass is 10.3. The summed E-state index contributed by atoms with van der Waals surface area (Å²) in [6.07, 6.45) is 2.28. The summed E-state index contributed by atoms with van der Waals surface area (Å²) < 4.78 is 0. The van der Waals surface area contributed by atoms with Crippen LogP contribution in [0.15, 0.2) is 0 Å². The first kappa shape index (κ1) is 11.9. The highest BCUT2D eigenvalue weighted by molar-refractivity contribution is 4.55. The van der Waals surface area contributed by atoms with Crippen molar-refractivity contribution in [2.75, 3.05) is 26.2 Å². The van der Waals surface area contributed by atoms with Crippen molar-refractivity contribution in [1.29, 1.82) is 0 Å². The summed E-state index contributed by atoms with van der Waals surface area (Å²) in [6.45, 7) is 8.38. The molecule has 0 saturated carbocycles. The minimum Gasteiger partial charge on any atom is -0.330 e. The first-order chi connectivity index (χ1) is 5.77. The molecule has 12 heavy (non-hydrogen) atoms. The van der Waals surface area contributed by atoms with E-state index < -0.39 is 0 Å². The molecule has 0 heterocycles. The van der Waals surface area contributed by atoms with Crippen LogP contribution in [0.3, 0.4) is 0 Å². The van der Waals surface area contributed by atoms with Crippen LogP contribution in [0.25, 0.3) is 0 Å². The summed E-state index contributed by atoms with van der Waals surface area (Å²) in [5, 5.41) is 6.71. The van der Waals surface area contributed by atoms with Crippen LogP contribution in [0.1, 0.15) is 26.7 Å². The van der Waals surface area contributed by atoms with Gasteiger partial charge in [-0.2, -0.15) is 0 Å². The number of nitrogens with two attached hydrogens (primary N) is 1. The van der Waals surface area contributed by atoms with Crippen molar-refractivity contribution in [1.82, 2.24) is 10.6 Å². The molecule has 3 nitrogen and oxygen atoms in total. The Balaban J connectivity index is 2.82. The van der Waals surface area contributed by atoms with E-state index in [0.29, 0.717) is 6.04 Å². The van der Waals surface area contributed by atoms with Gasteiger partial charge in [-0.1, -0.05) is 13.8 Å². The quantitative estimate of drug-likeness (QED) is 0.463. The lowest BCUT2D eigenvalue weighted by molar-refractivity contribution is 0.545. The first-order valence-corrected chi connectivity index (χ1v) is 4.91. The molecule has 0 aliphatic carbocycles. The largest absolute Gasteiger partial charge is 0.330 e. The van der Waals surface area contributed by atoms with Gasteiger partial charge in [0.05, 0.1) is 0 Å². The molecule has 0 aliphatic rings. The highest BCUT2D eigenvalue weighted by Crippen LogP contribution is 1.79. The van der Waals surface area contributed by atoms with Crippen molar-refractivity contribution in [3.8, 4) is 0 Å². The van der Waals surface area contributed by atoms with Crippen LogP contribution in [0, 0.1) is 0 Å². The Labute approximate surface area is 76.1 Å². The molecule has 0 aromatic rings. The molecule has 4 N–H and O–H groups in total. The normalized spacial score (nSPS) is 11.0. The standard InChI is InChI=1S/C9H23N3/c1-9(2)12-8-4-7-11-6-3-5-10/h9,11-12H,3-8,10H2,1-2H3. The molecule has 0 radical (unpaired) electrons. The lowest BCUT2D eigenvalue weighted by Crippen LogP contribution is -2.27. The first-order valence-electron chi connectivity index (χ1n) is 4.91. The average molecular weight is 173 g/mol. The predicted octanol–water partition coefficient (Wildman–Crippen LogP) is 0.313. The van der Waals surface area contributed by atoms with E-state index in [1.807, 2.05) is 0 Å². The maximum Gasteiger partial charge on any atom is 0.00103 e. The molecule has 0 saturated heterocycles. The summed E-state index contributed by atoms with van der Waals surface area (Å²) >= 11 is 0. The Morgan fingerprint density at radius 2 is 1.75 bits per heavy atom. The second-order valence-electron chi connectivity index (χ2n) is 3.35. The van der Waals surface area contributed by atoms with Crippen LogP contribution < -0.4 is 16.4 Å². The van der Waals surface area contributed by atoms with Gasteiger partial charge in [0.2, 0.25) is 0 Å². The monoisotopic (exact) mass is 173 g/mol. The van der Waals surface area contributed by atoms with E-state index in [4.69, 9.17) is 5.73 Å². The van der Waals surface area contributed by atoms with Gasteiger partial charge in [-0.3, -0.25) is 0 Å². The molecule has 74 valence electrons. The van der Waals surface area contributed by atoms with Crippen LogP contribution in [0.5, 0.6) is 0 Å². The number of rotatable bonds is 8. The molecule has 0 aromatic carbocycles. The Hall–Kier alpha value is -0.120. The lowest BCUT2D eigenvalue weighted by Gasteiger charge is -2.07. The fraction of sp³-hybridized carbons (Fsp3) is 1.00. The molecule has 0 amide bonds. The number of hydrogen-bond donors (Lipinski definition) is 3. The van der Waals surface area contributed by atoms with Crippen LogP contribution in [-0.4, -0.2) is 32.2 Å². The van der Waals surface area contributed by atoms with E-state index in [1.54, 1.807) is 0 Å². The molecule has 0 rings (SSSR count). The average Bonchev–Trinajstić information content (AvgIpc) is 2.02. The minimum absolute atomic E-state index is 0.606. The second kappa shape index (κ2) is 8.97. The Kier molecular flexibility index (Phi) is 8.88. The molecule has 0 atom stereocenters. The smallest absolute Gasteiger partial charge is 0.00103 e. The molecule has 0 aromatic heterocycles. The van der Waals surface area contributed by atoms with Crippen molar-refractivity contribution >= 4 is 0 Å². The topological polar surface area (TPSA) is 50.1 Å². The van der Waals surface area contributed by atoms with Crippen molar-refractivity contribution in [3.05, 3.63) is 0 Å². The summed E-state index contributed by atoms with van der Waals surface area (Å²) in [4.78, 5) is 0. The van der Waals surface area contributed by atoms with E-state index in [0.717, 1.165) is 32.6 Å². The Morgan fingerprint density at radius 3 is 2.33 bits per heavy atom. The van der Waals surface area contributed by atoms with Crippen LogP contribution >= 0.6 is 0 Å². The van der Waals surface area contributed by atoms with Gasteiger partial charge in [-0.15, -0.1) is 0 Å². The fourth-order valence-corrected chi connectivity index (χ4v) is 0.956. The molecule has 0 fully saturated rings. The molecule has 3 heteroatoms. The molecule has 0 bridgehead atoms. The molecule has 0 aliphatic heterocycles. The third-order valence-corrected chi connectivity index (χ3v) is 1.64. The van der Waals surface area contributed by atoms with Gasteiger partial charge in [0, 0.05) is 6.04 Å². The van der Waals surface area contributed by atoms with E-state index in [-0.39, 0.29) is 0 Å². The van der Waals surface area contributed by atoms with Gasteiger partial charge in [-0.25, -0.2) is 0 Å². The van der Waals surface area contributed by atoms with Gasteiger partial charge >= 0.3 is 0 Å². The van der Waals surface area contributed by atoms with Gasteiger partial charge in [-0.05, 0) is 39.0 Å². The summed E-state index contributed by atoms with van der Waals surface area (Å²) in [5.74, 6) is 0. The summed E-state index contributed by atoms with van der Waals surface area (Å²) in [5.41, 5.74) is 5.36. The maximum absolute atomic E-state index is 5.36. The highest BCUT2D eigenvalue weighted by atomic mass is 14.9. The fourth-order valence-electron chi connectivity index (χ4n) is 0.956. The Morgan fingerprint density at radius 1 is 1.08 bits per heavy atom. The third-order valence-electron chi connectivity index (χ3n) is 1.64. The summed E-state index contributed by atoms with van der Waals surface area (Å²) in [7, 11) is 0. The highest BCUT2D eigenvalue weighted by Gasteiger charge is 1.90. The van der Waals surface area contributed by atoms with Crippen LogP contribution in [0.2, 0.25) is 0 Å². The molecular formula is C9H23N3. The Bertz CT molecular complexity index is 83.8. The zero-order valence-electron chi connectivity index (χ0n) is 8.40. The molecule has 0 spiro atoms. The van der Waals surface area contributed by atoms with E-state index in [1.165, 1.54) is 6.42 Å². The van der Waals surface area contributed by atoms with Crippen molar-refractivity contribution < 1.29 is 0 Å². The maximum atomic E-state index is 5.36. The third kappa shape index (κ3) is 9.88. The zero-order chi connectivity index (χ0) is 9.23. The van der Waals surface area contributed by atoms with Crippen molar-refractivity contribution in [2.45, 2.75) is 32.7 Å². The second-order valence-corrected chi connectivity index (χ2v) is 3.35. The minimum atomic E-state index is 0.606. The van der Waals surface area contributed by atoms with Gasteiger partial charge in [0.1, 0.15) is 0 Å². The van der Waals surface area contributed by atoms with Crippen molar-refractivity contribution in [3.63, 3.8) is 0 Å². The predicted molar refractivity (Wildman–Crippen MR) is 54.3 cm³/mol.